The Bertz CT molecular complexity index is 816. The van der Waals surface area contributed by atoms with E-state index in [4.69, 9.17) is 14.7 Å². The number of anilines is 1. The first-order chi connectivity index (χ1) is 11.6. The molecule has 0 aromatic heterocycles. The number of nitro groups is 1. The summed E-state index contributed by atoms with van der Waals surface area (Å²) >= 11 is 0. The molecule has 7 nitrogen and oxygen atoms in total. The lowest BCUT2D eigenvalue weighted by Crippen LogP contribution is -2.39. The van der Waals surface area contributed by atoms with E-state index in [1.807, 2.05) is 30.3 Å². The van der Waals surface area contributed by atoms with Crippen LogP contribution in [0.2, 0.25) is 0 Å². The normalized spacial score (nSPS) is 15.4. The number of hydrogen-bond donors (Lipinski definition) is 0. The van der Waals surface area contributed by atoms with Crippen LogP contribution in [0.15, 0.2) is 42.5 Å². The molecule has 0 unspecified atom stereocenters. The van der Waals surface area contributed by atoms with Crippen molar-refractivity contribution in [2.45, 2.75) is 6.10 Å². The zero-order valence-corrected chi connectivity index (χ0v) is 13.0. The van der Waals surface area contributed by atoms with E-state index in [1.54, 1.807) is 24.1 Å². The number of rotatable bonds is 4. The molecule has 1 aliphatic heterocycles. The van der Waals surface area contributed by atoms with Gasteiger partial charge in [-0.05, 0) is 24.3 Å². The topological polar surface area (TPSA) is 88.6 Å². The molecule has 0 fully saturated rings. The highest BCUT2D eigenvalue weighted by Crippen LogP contribution is 2.32. The van der Waals surface area contributed by atoms with Crippen molar-refractivity contribution in [1.29, 1.82) is 5.26 Å². The minimum absolute atomic E-state index is 0.103. The summed E-state index contributed by atoms with van der Waals surface area (Å²) in [4.78, 5) is 12.5. The zero-order valence-electron chi connectivity index (χ0n) is 13.0. The molecule has 0 spiro atoms. The smallest absolute Gasteiger partial charge is 0.293 e. The minimum atomic E-state index is -0.486. The molecule has 1 aliphatic rings. The molecule has 0 radical (unpaired) electrons. The maximum atomic E-state index is 11.3. The fourth-order valence-corrected chi connectivity index (χ4v) is 2.62. The molecule has 1 heterocycles. The van der Waals surface area contributed by atoms with Crippen molar-refractivity contribution in [2.24, 2.45) is 0 Å². The lowest BCUT2D eigenvalue weighted by molar-refractivity contribution is -0.384. The van der Waals surface area contributed by atoms with E-state index in [-0.39, 0.29) is 17.4 Å². The Kier molecular flexibility index (Phi) is 4.20. The number of fused-ring (bicyclic) bond motifs is 1. The lowest BCUT2D eigenvalue weighted by Gasteiger charge is -2.30. The third-order valence-corrected chi connectivity index (χ3v) is 3.76. The summed E-state index contributed by atoms with van der Waals surface area (Å²) in [5.41, 5.74) is 0.583. The molecule has 0 aliphatic carbocycles. The second kappa shape index (κ2) is 6.46. The Labute approximate surface area is 138 Å². The summed E-state index contributed by atoms with van der Waals surface area (Å²) in [6.07, 6.45) is -0.250. The highest BCUT2D eigenvalue weighted by Gasteiger charge is 2.25. The van der Waals surface area contributed by atoms with Gasteiger partial charge in [-0.25, -0.2) is 0 Å². The molecule has 2 aromatic carbocycles. The Hall–Kier alpha value is -3.27. The van der Waals surface area contributed by atoms with Crippen LogP contribution in [0.5, 0.6) is 11.5 Å². The summed E-state index contributed by atoms with van der Waals surface area (Å²) < 4.78 is 11.5. The van der Waals surface area contributed by atoms with Crippen LogP contribution in [-0.4, -0.2) is 31.2 Å². The molecule has 0 amide bonds. The molecule has 7 heteroatoms. The van der Waals surface area contributed by atoms with Crippen LogP contribution in [0.25, 0.3) is 0 Å². The second-order valence-electron chi connectivity index (χ2n) is 5.45. The number of nitro benzene ring substituents is 1. The van der Waals surface area contributed by atoms with Gasteiger partial charge in [-0.3, -0.25) is 10.1 Å². The average molecular weight is 325 g/mol. The van der Waals surface area contributed by atoms with Crippen LogP contribution < -0.4 is 14.4 Å². The van der Waals surface area contributed by atoms with Gasteiger partial charge in [0.15, 0.2) is 17.6 Å². The standard InChI is InChI=1S/C17H15N3O4/c1-19(14-7-6-12(9-18)8-15(14)20(21)22)10-13-11-23-16-4-2-3-5-17(16)24-13/h2-8,13H,10-11H2,1H3/t13-/m0/s1. The monoisotopic (exact) mass is 325 g/mol. The number of nitriles is 1. The van der Waals surface area contributed by atoms with Crippen LogP contribution in [0, 0.1) is 21.4 Å². The zero-order chi connectivity index (χ0) is 17.1. The highest BCUT2D eigenvalue weighted by atomic mass is 16.6. The molecule has 2 aromatic rings. The average Bonchev–Trinajstić information content (AvgIpc) is 2.61. The molecule has 24 heavy (non-hydrogen) atoms. The first-order valence-corrected chi connectivity index (χ1v) is 7.36. The molecule has 0 saturated heterocycles. The number of ether oxygens (including phenoxy) is 2. The van der Waals surface area contributed by atoms with E-state index >= 15 is 0 Å². The van der Waals surface area contributed by atoms with Gasteiger partial charge in [0.25, 0.3) is 5.69 Å². The first-order valence-electron chi connectivity index (χ1n) is 7.36. The van der Waals surface area contributed by atoms with Crippen molar-refractivity contribution in [3.8, 4) is 17.6 Å². The fraction of sp³-hybridized carbons (Fsp3) is 0.235. The van der Waals surface area contributed by atoms with Gasteiger partial charge in [-0.2, -0.15) is 5.26 Å². The molecule has 122 valence electrons. The molecule has 1 atom stereocenters. The predicted octanol–water partition coefficient (Wildman–Crippen LogP) is 2.74. The maximum Gasteiger partial charge on any atom is 0.293 e. The minimum Gasteiger partial charge on any atom is -0.486 e. The van der Waals surface area contributed by atoms with Gasteiger partial charge in [-0.1, -0.05) is 12.1 Å². The molecule has 0 saturated carbocycles. The third-order valence-electron chi connectivity index (χ3n) is 3.76. The summed E-state index contributed by atoms with van der Waals surface area (Å²) in [5, 5.41) is 20.2. The van der Waals surface area contributed by atoms with Crippen LogP contribution in [0.1, 0.15) is 5.56 Å². The summed E-state index contributed by atoms with van der Waals surface area (Å²) in [7, 11) is 1.75. The first kappa shape index (κ1) is 15.6. The Balaban J connectivity index is 1.78. The van der Waals surface area contributed by atoms with Gasteiger partial charge in [0.1, 0.15) is 12.3 Å². The number of likely N-dealkylation sites (N-methyl/N-ethyl adjacent to an activating group) is 1. The molecular weight excluding hydrogens is 310 g/mol. The number of benzene rings is 2. The third kappa shape index (κ3) is 3.08. The lowest BCUT2D eigenvalue weighted by atomic mass is 10.1. The van der Waals surface area contributed by atoms with Gasteiger partial charge < -0.3 is 14.4 Å². The Morgan fingerprint density at radius 2 is 2.08 bits per heavy atom. The quantitative estimate of drug-likeness (QED) is 0.634. The van der Waals surface area contributed by atoms with Crippen molar-refractivity contribution in [2.75, 3.05) is 25.1 Å². The van der Waals surface area contributed by atoms with Crippen LogP contribution >= 0.6 is 0 Å². The largest absolute Gasteiger partial charge is 0.486 e. The van der Waals surface area contributed by atoms with Crippen LogP contribution in [0.3, 0.4) is 0 Å². The van der Waals surface area contributed by atoms with Gasteiger partial charge in [0.2, 0.25) is 0 Å². The summed E-state index contributed by atoms with van der Waals surface area (Å²) in [6.45, 7) is 0.784. The van der Waals surface area contributed by atoms with Crippen molar-refractivity contribution in [3.05, 3.63) is 58.1 Å². The molecule has 0 bridgehead atoms. The number of nitrogens with zero attached hydrogens (tertiary/aromatic N) is 3. The van der Waals surface area contributed by atoms with Crippen molar-refractivity contribution >= 4 is 11.4 Å². The summed E-state index contributed by atoms with van der Waals surface area (Å²) in [5.74, 6) is 1.36. The van der Waals surface area contributed by atoms with Gasteiger partial charge in [0, 0.05) is 13.1 Å². The Morgan fingerprint density at radius 3 is 2.79 bits per heavy atom. The van der Waals surface area contributed by atoms with Gasteiger partial charge in [-0.15, -0.1) is 0 Å². The van der Waals surface area contributed by atoms with Crippen molar-refractivity contribution in [3.63, 3.8) is 0 Å². The van der Waals surface area contributed by atoms with Gasteiger partial charge >= 0.3 is 0 Å². The maximum absolute atomic E-state index is 11.3. The Morgan fingerprint density at radius 1 is 1.33 bits per heavy atom. The fourth-order valence-electron chi connectivity index (χ4n) is 2.62. The SMILES string of the molecule is CN(C[C@H]1COc2ccccc2O1)c1ccc(C#N)cc1[N+](=O)[O-]. The molecule has 3 rings (SSSR count). The number of hydrogen-bond acceptors (Lipinski definition) is 6. The number of para-hydroxylation sites is 2. The van der Waals surface area contributed by atoms with E-state index in [1.165, 1.54) is 6.07 Å². The van der Waals surface area contributed by atoms with E-state index in [9.17, 15) is 10.1 Å². The van der Waals surface area contributed by atoms with E-state index in [0.29, 0.717) is 30.3 Å². The van der Waals surface area contributed by atoms with E-state index in [0.717, 1.165) is 0 Å². The van der Waals surface area contributed by atoms with Crippen LogP contribution in [-0.2, 0) is 0 Å². The van der Waals surface area contributed by atoms with E-state index in [2.05, 4.69) is 0 Å². The van der Waals surface area contributed by atoms with Crippen molar-refractivity contribution in [1.82, 2.24) is 0 Å². The van der Waals surface area contributed by atoms with Crippen LogP contribution in [0.4, 0.5) is 11.4 Å². The molecule has 0 N–H and O–H groups in total. The van der Waals surface area contributed by atoms with Gasteiger partial charge in [0.05, 0.1) is 23.1 Å². The van der Waals surface area contributed by atoms with E-state index < -0.39 is 4.92 Å². The van der Waals surface area contributed by atoms with Crippen molar-refractivity contribution < 1.29 is 14.4 Å². The summed E-state index contributed by atoms with van der Waals surface area (Å²) in [6, 6.07) is 13.7. The molecular formula is C17H15N3O4. The highest BCUT2D eigenvalue weighted by molar-refractivity contribution is 5.65. The second-order valence-corrected chi connectivity index (χ2v) is 5.45. The predicted molar refractivity (Wildman–Crippen MR) is 87.4 cm³/mol.